The Morgan fingerprint density at radius 1 is 1.15 bits per heavy atom. The Morgan fingerprint density at radius 2 is 1.92 bits per heavy atom. The Balaban J connectivity index is 1.68. The van der Waals surface area contributed by atoms with Crippen molar-refractivity contribution in [3.8, 4) is 0 Å². The second kappa shape index (κ2) is 8.09. The summed E-state index contributed by atoms with van der Waals surface area (Å²) in [5, 5.41) is 3.80. The lowest BCUT2D eigenvalue weighted by atomic mass is 10.2. The van der Waals surface area contributed by atoms with E-state index in [-0.39, 0.29) is 4.90 Å². The number of nitrogens with zero attached hydrogens (tertiary/aromatic N) is 2. The van der Waals surface area contributed by atoms with E-state index in [9.17, 15) is 13.2 Å². The van der Waals surface area contributed by atoms with Crippen molar-refractivity contribution in [2.45, 2.75) is 11.3 Å². The molecule has 0 aliphatic heterocycles. The highest BCUT2D eigenvalue weighted by Crippen LogP contribution is 2.12. The van der Waals surface area contributed by atoms with Crippen molar-refractivity contribution >= 4 is 38.6 Å². The number of rotatable bonds is 6. The maximum atomic E-state index is 12.3. The molecule has 0 bridgehead atoms. The average Bonchev–Trinajstić information content (AvgIpc) is 3.27. The fourth-order valence-electron chi connectivity index (χ4n) is 2.21. The van der Waals surface area contributed by atoms with E-state index in [1.807, 2.05) is 29.1 Å². The molecule has 3 aromatic rings. The zero-order valence-corrected chi connectivity index (χ0v) is 16.4. The largest absolute Gasteiger partial charge is 0.327 e. The van der Waals surface area contributed by atoms with Crippen molar-refractivity contribution < 1.29 is 13.2 Å². The third-order valence-corrected chi connectivity index (χ3v) is 6.87. The number of carbonyl (C=O) groups excluding carboxylic acids is 1. The minimum absolute atomic E-state index is 0.127. The first-order valence-electron chi connectivity index (χ1n) is 7.77. The summed E-state index contributed by atoms with van der Waals surface area (Å²) in [4.78, 5) is 18.1. The van der Waals surface area contributed by atoms with E-state index in [0.29, 0.717) is 23.3 Å². The first kappa shape index (κ1) is 18.7. The molecular formula is C17H17N3O3S3. The number of carbonyl (C=O) groups is 1. The number of hydrogen-bond acceptors (Lipinski definition) is 5. The summed E-state index contributed by atoms with van der Waals surface area (Å²) in [6, 6.07) is 9.71. The van der Waals surface area contributed by atoms with Gasteiger partial charge in [0.05, 0.1) is 4.90 Å². The molecule has 6 nitrogen and oxygen atoms in total. The summed E-state index contributed by atoms with van der Waals surface area (Å²) >= 11 is 2.95. The predicted octanol–water partition coefficient (Wildman–Crippen LogP) is 2.41. The van der Waals surface area contributed by atoms with Crippen LogP contribution in [0.5, 0.6) is 0 Å². The van der Waals surface area contributed by atoms with Gasteiger partial charge in [-0.15, -0.1) is 22.7 Å². The SMILES string of the molecule is Cn1ccsc1=NC(=O)c1ccc(S(=O)(=O)NCCc2cccs2)cc1. The molecule has 26 heavy (non-hydrogen) atoms. The van der Waals surface area contributed by atoms with Gasteiger partial charge in [-0.05, 0) is 42.1 Å². The standard InChI is InChI=1S/C17H17N3O3S3/c1-20-10-12-25-17(20)19-16(21)13-4-6-15(7-5-13)26(22,23)18-9-8-14-3-2-11-24-14/h2-7,10-12,18H,8-9H2,1H3. The van der Waals surface area contributed by atoms with Gasteiger partial charge >= 0.3 is 0 Å². The minimum Gasteiger partial charge on any atom is -0.327 e. The molecule has 0 aliphatic carbocycles. The van der Waals surface area contributed by atoms with Crippen LogP contribution in [-0.4, -0.2) is 25.4 Å². The first-order chi connectivity index (χ1) is 12.5. The number of aromatic nitrogens is 1. The molecule has 0 saturated carbocycles. The smallest absolute Gasteiger partial charge is 0.279 e. The zero-order valence-electron chi connectivity index (χ0n) is 14.0. The van der Waals surface area contributed by atoms with Gasteiger partial charge in [-0.1, -0.05) is 6.07 Å². The van der Waals surface area contributed by atoms with Crippen molar-refractivity contribution in [2.24, 2.45) is 12.0 Å². The van der Waals surface area contributed by atoms with E-state index < -0.39 is 15.9 Å². The summed E-state index contributed by atoms with van der Waals surface area (Å²) < 4.78 is 29.0. The number of aryl methyl sites for hydroxylation is 1. The highest BCUT2D eigenvalue weighted by molar-refractivity contribution is 7.89. The molecule has 0 atom stereocenters. The monoisotopic (exact) mass is 407 g/mol. The maximum absolute atomic E-state index is 12.3. The van der Waals surface area contributed by atoms with Gasteiger partial charge in [0.1, 0.15) is 0 Å². The summed E-state index contributed by atoms with van der Waals surface area (Å²) in [6.45, 7) is 0.327. The topological polar surface area (TPSA) is 80.5 Å². The van der Waals surface area contributed by atoms with Crippen LogP contribution in [0, 0.1) is 0 Å². The highest BCUT2D eigenvalue weighted by Gasteiger charge is 2.14. The lowest BCUT2D eigenvalue weighted by molar-refractivity contribution is 0.0997. The van der Waals surface area contributed by atoms with E-state index >= 15 is 0 Å². The molecule has 1 N–H and O–H groups in total. The third kappa shape index (κ3) is 4.55. The van der Waals surface area contributed by atoms with Crippen LogP contribution in [0.15, 0.2) is 63.2 Å². The number of thiophene rings is 1. The quantitative estimate of drug-likeness (QED) is 0.681. The van der Waals surface area contributed by atoms with Crippen molar-refractivity contribution in [3.63, 3.8) is 0 Å². The average molecular weight is 408 g/mol. The predicted molar refractivity (Wildman–Crippen MR) is 103 cm³/mol. The molecule has 0 unspecified atom stereocenters. The second-order valence-corrected chi connectivity index (χ2v) is 9.14. The zero-order chi connectivity index (χ0) is 18.6. The van der Waals surface area contributed by atoms with Crippen LogP contribution < -0.4 is 9.52 Å². The van der Waals surface area contributed by atoms with Gasteiger partial charge in [-0.3, -0.25) is 4.79 Å². The molecule has 0 radical (unpaired) electrons. The summed E-state index contributed by atoms with van der Waals surface area (Å²) in [7, 11) is -1.80. The van der Waals surface area contributed by atoms with Crippen LogP contribution >= 0.6 is 22.7 Å². The molecule has 0 aliphatic rings. The van der Waals surface area contributed by atoms with Gasteiger partial charge in [0.2, 0.25) is 10.0 Å². The van der Waals surface area contributed by atoms with Crippen molar-refractivity contribution in [1.29, 1.82) is 0 Å². The number of benzene rings is 1. The Morgan fingerprint density at radius 3 is 2.54 bits per heavy atom. The Hall–Kier alpha value is -2.07. The molecule has 3 rings (SSSR count). The van der Waals surface area contributed by atoms with Gasteiger partial charge in [0.15, 0.2) is 4.80 Å². The Bertz CT molecular complexity index is 1050. The van der Waals surface area contributed by atoms with Crippen LogP contribution in [-0.2, 0) is 23.5 Å². The highest BCUT2D eigenvalue weighted by atomic mass is 32.2. The Kier molecular flexibility index (Phi) is 5.82. The molecule has 1 amide bonds. The molecular weight excluding hydrogens is 390 g/mol. The van der Waals surface area contributed by atoms with E-state index in [2.05, 4.69) is 9.71 Å². The van der Waals surface area contributed by atoms with Crippen LogP contribution in [0.4, 0.5) is 0 Å². The molecule has 2 aromatic heterocycles. The first-order valence-corrected chi connectivity index (χ1v) is 11.0. The second-order valence-electron chi connectivity index (χ2n) is 5.46. The summed E-state index contributed by atoms with van der Waals surface area (Å²) in [6.07, 6.45) is 2.46. The van der Waals surface area contributed by atoms with Crippen molar-refractivity contribution in [3.05, 3.63) is 68.6 Å². The van der Waals surface area contributed by atoms with E-state index in [0.717, 1.165) is 4.88 Å². The van der Waals surface area contributed by atoms with Gasteiger partial charge in [-0.25, -0.2) is 13.1 Å². The van der Waals surface area contributed by atoms with Crippen LogP contribution in [0.3, 0.4) is 0 Å². The third-order valence-electron chi connectivity index (χ3n) is 3.61. The number of thiazole rings is 1. The van der Waals surface area contributed by atoms with E-state index in [4.69, 9.17) is 0 Å². The molecule has 0 spiro atoms. The van der Waals surface area contributed by atoms with Crippen LogP contribution in [0.1, 0.15) is 15.2 Å². The van der Waals surface area contributed by atoms with Crippen molar-refractivity contribution in [1.82, 2.24) is 9.29 Å². The molecule has 2 heterocycles. The van der Waals surface area contributed by atoms with Gasteiger partial charge in [0.25, 0.3) is 5.91 Å². The number of sulfonamides is 1. The fourth-order valence-corrected chi connectivity index (χ4v) is 4.68. The molecule has 0 saturated heterocycles. The molecule has 9 heteroatoms. The normalized spacial score (nSPS) is 12.4. The number of nitrogens with one attached hydrogen (secondary N) is 1. The molecule has 0 fully saturated rings. The summed E-state index contributed by atoms with van der Waals surface area (Å²) in [5.74, 6) is -0.405. The summed E-state index contributed by atoms with van der Waals surface area (Å²) in [5.41, 5.74) is 0.343. The Labute approximate surface area is 159 Å². The molecule has 136 valence electrons. The number of amides is 1. The fraction of sp³-hybridized carbons (Fsp3) is 0.176. The van der Waals surface area contributed by atoms with Crippen LogP contribution in [0.25, 0.3) is 0 Å². The lowest BCUT2D eigenvalue weighted by Crippen LogP contribution is -2.25. The van der Waals surface area contributed by atoms with E-state index in [1.54, 1.807) is 23.0 Å². The maximum Gasteiger partial charge on any atom is 0.279 e. The van der Waals surface area contributed by atoms with Crippen LogP contribution in [0.2, 0.25) is 0 Å². The van der Waals surface area contributed by atoms with E-state index in [1.165, 1.54) is 35.6 Å². The van der Waals surface area contributed by atoms with Gasteiger partial charge < -0.3 is 4.57 Å². The lowest BCUT2D eigenvalue weighted by Gasteiger charge is -2.06. The van der Waals surface area contributed by atoms with Gasteiger partial charge in [0, 0.05) is 35.6 Å². The van der Waals surface area contributed by atoms with Gasteiger partial charge in [-0.2, -0.15) is 4.99 Å². The van der Waals surface area contributed by atoms with Crippen molar-refractivity contribution in [2.75, 3.05) is 6.54 Å². The molecule has 1 aromatic carbocycles. The number of hydrogen-bond donors (Lipinski definition) is 1. The minimum atomic E-state index is -3.60.